The van der Waals surface area contributed by atoms with Gasteiger partial charge in [-0.05, 0) is 49.9 Å². The van der Waals surface area contributed by atoms with Crippen molar-refractivity contribution in [2.75, 3.05) is 0 Å². The second kappa shape index (κ2) is 22.1. The van der Waals surface area contributed by atoms with Crippen LogP contribution >= 0.6 is 0 Å². The molecule has 0 aliphatic rings. The molecule has 9 heteroatoms. The standard InChI is InChI=1S/C52H84O4Si5/c1-41(53)45-17-25-49(26-18-45)57(5,6)33-13-37-61(38-14-34-58(7,8)50-27-19-46(20-28-50)42(2)54,39-15-35-59(9,10)51-29-21-47(22-30-51)43(3)55)40-16-36-60(11,12)52-31-23-48(24-32-52)44(4)56/h17-32,41-44,53-56H,13-16,33-40H2,1-12H3/t41-,42-,43-,44-/m0/s1. The number of hydrogen-bond donors (Lipinski definition) is 4. The highest BCUT2D eigenvalue weighted by atomic mass is 28.3. The highest BCUT2D eigenvalue weighted by molar-refractivity contribution is 6.91. The summed E-state index contributed by atoms with van der Waals surface area (Å²) < 4.78 is 0. The van der Waals surface area contributed by atoms with Crippen molar-refractivity contribution in [2.45, 2.75) is 179 Å². The molecule has 4 aromatic rings. The molecule has 0 heterocycles. The molecule has 4 rings (SSSR count). The fourth-order valence-electron chi connectivity index (χ4n) is 9.80. The Morgan fingerprint density at radius 3 is 0.607 bits per heavy atom. The van der Waals surface area contributed by atoms with Crippen LogP contribution in [0, 0.1) is 0 Å². The van der Waals surface area contributed by atoms with Crippen LogP contribution in [0.4, 0.5) is 0 Å². The van der Waals surface area contributed by atoms with Gasteiger partial charge in [0.15, 0.2) is 0 Å². The summed E-state index contributed by atoms with van der Waals surface area (Å²) >= 11 is 0. The molecule has 0 fully saturated rings. The highest BCUT2D eigenvalue weighted by Gasteiger charge is 2.36. The Labute approximate surface area is 377 Å². The molecule has 0 spiro atoms. The van der Waals surface area contributed by atoms with Gasteiger partial charge in [0.25, 0.3) is 0 Å². The van der Waals surface area contributed by atoms with Crippen molar-refractivity contribution < 1.29 is 20.4 Å². The van der Waals surface area contributed by atoms with Crippen LogP contribution in [0.5, 0.6) is 0 Å². The summed E-state index contributed by atoms with van der Waals surface area (Å²) in [6, 6.07) is 46.5. The van der Waals surface area contributed by atoms with Crippen LogP contribution < -0.4 is 20.7 Å². The number of rotatable bonds is 24. The third kappa shape index (κ3) is 14.9. The molecule has 4 N–H and O–H groups in total. The van der Waals surface area contributed by atoms with Crippen LogP contribution in [0.15, 0.2) is 97.1 Å². The minimum absolute atomic E-state index is 0.435. The van der Waals surface area contributed by atoms with E-state index in [2.05, 4.69) is 149 Å². The van der Waals surface area contributed by atoms with E-state index in [9.17, 15) is 20.4 Å². The van der Waals surface area contributed by atoms with Crippen molar-refractivity contribution in [1.29, 1.82) is 0 Å². The lowest BCUT2D eigenvalue weighted by molar-refractivity contribution is 0.199. The second-order valence-electron chi connectivity index (χ2n) is 21.6. The zero-order chi connectivity index (χ0) is 45.2. The molecule has 61 heavy (non-hydrogen) atoms. The van der Waals surface area contributed by atoms with Crippen LogP contribution in [0.25, 0.3) is 0 Å². The van der Waals surface area contributed by atoms with E-state index in [1.165, 1.54) is 94.8 Å². The molecule has 0 saturated heterocycles. The Morgan fingerprint density at radius 1 is 0.295 bits per heavy atom. The Morgan fingerprint density at radius 2 is 0.459 bits per heavy atom. The van der Waals surface area contributed by atoms with E-state index in [0.717, 1.165) is 22.3 Å². The minimum atomic E-state index is -1.74. The topological polar surface area (TPSA) is 80.9 Å². The lowest BCUT2D eigenvalue weighted by atomic mass is 10.1. The van der Waals surface area contributed by atoms with Crippen LogP contribution in [0.1, 0.15) is 100 Å². The Bertz CT molecular complexity index is 1620. The van der Waals surface area contributed by atoms with Gasteiger partial charge >= 0.3 is 0 Å². The number of benzene rings is 4. The molecule has 4 atom stereocenters. The lowest BCUT2D eigenvalue weighted by Gasteiger charge is -2.37. The highest BCUT2D eigenvalue weighted by Crippen LogP contribution is 2.38. The summed E-state index contributed by atoms with van der Waals surface area (Å²) in [5.41, 5.74) is 4.00. The van der Waals surface area contributed by atoms with E-state index in [-0.39, 0.29) is 0 Å². The van der Waals surface area contributed by atoms with Gasteiger partial charge in [-0.15, -0.1) is 0 Å². The summed E-state index contributed by atoms with van der Waals surface area (Å²) in [4.78, 5) is 0. The zero-order valence-corrected chi connectivity index (χ0v) is 45.3. The maximum Gasteiger partial charge on any atom is 0.0806 e. The maximum atomic E-state index is 10.2. The van der Waals surface area contributed by atoms with E-state index >= 15 is 0 Å². The predicted molar refractivity (Wildman–Crippen MR) is 279 cm³/mol. The summed E-state index contributed by atoms with van der Waals surface area (Å²) in [6.07, 6.45) is 3.52. The Hall–Kier alpha value is -2.20. The molecule has 0 aromatic heterocycles. The fraction of sp³-hybridized carbons (Fsp3) is 0.538. The summed E-state index contributed by atoms with van der Waals surface area (Å²) in [7, 11) is -8.47. The molecule has 0 bridgehead atoms. The Balaban J connectivity index is 1.62. The molecule has 0 aliphatic heterocycles. The van der Waals surface area contributed by atoms with E-state index in [0.29, 0.717) is 0 Å². The van der Waals surface area contributed by atoms with Gasteiger partial charge in [-0.25, -0.2) is 0 Å². The van der Waals surface area contributed by atoms with Gasteiger partial charge in [-0.3, -0.25) is 0 Å². The SMILES string of the molecule is C[C@H](O)c1ccc([Si](C)(C)CCC[Si](CCC[Si](C)(C)c2ccc([C@H](C)O)cc2)(CCC[Si](C)(C)c2ccc([C@H](C)O)cc2)CCC[Si](C)(C)c2ccc([C@H](C)O)cc2)cc1. The average molecular weight is 914 g/mol. The Kier molecular flexibility index (Phi) is 18.7. The summed E-state index contributed by atoms with van der Waals surface area (Å²) in [6.45, 7) is 27.8. The van der Waals surface area contributed by atoms with Crippen LogP contribution in [0.3, 0.4) is 0 Å². The fourth-order valence-corrected chi connectivity index (χ4v) is 26.1. The first-order valence-electron chi connectivity index (χ1n) is 23.6. The van der Waals surface area contributed by atoms with Crippen molar-refractivity contribution in [2.24, 2.45) is 0 Å². The summed E-state index contributed by atoms with van der Waals surface area (Å²) in [5.74, 6) is 0. The van der Waals surface area contributed by atoms with Crippen molar-refractivity contribution in [1.82, 2.24) is 0 Å². The van der Waals surface area contributed by atoms with Crippen LogP contribution in [-0.2, 0) is 0 Å². The molecule has 0 unspecified atom stereocenters. The van der Waals surface area contributed by atoms with Gasteiger partial charge in [0, 0.05) is 0 Å². The third-order valence-corrected chi connectivity index (χ3v) is 34.4. The molecule has 0 saturated carbocycles. The molecular weight excluding hydrogens is 829 g/mol. The summed E-state index contributed by atoms with van der Waals surface area (Å²) in [5, 5.41) is 46.8. The van der Waals surface area contributed by atoms with E-state index in [1.54, 1.807) is 0 Å². The van der Waals surface area contributed by atoms with Crippen molar-refractivity contribution in [3.8, 4) is 0 Å². The van der Waals surface area contributed by atoms with Crippen LogP contribution in [0.2, 0.25) is 101 Å². The lowest BCUT2D eigenvalue weighted by Crippen LogP contribution is -2.44. The van der Waals surface area contributed by atoms with E-state index in [1.807, 2.05) is 27.7 Å². The number of hydrogen-bond acceptors (Lipinski definition) is 4. The second-order valence-corrected chi connectivity index (χ2v) is 46.0. The molecule has 336 valence electrons. The molecule has 4 nitrogen and oxygen atoms in total. The number of aliphatic hydroxyl groups excluding tert-OH is 4. The normalized spacial score (nSPS) is 15.1. The van der Waals surface area contributed by atoms with Gasteiger partial charge in [-0.1, -0.05) is 244 Å². The zero-order valence-electron chi connectivity index (χ0n) is 40.3. The van der Waals surface area contributed by atoms with E-state index in [4.69, 9.17) is 0 Å². The number of aliphatic hydroxyl groups is 4. The van der Waals surface area contributed by atoms with Gasteiger partial charge in [0.05, 0.1) is 64.8 Å². The largest absolute Gasteiger partial charge is 0.389 e. The van der Waals surface area contributed by atoms with Crippen molar-refractivity contribution in [3.05, 3.63) is 119 Å². The smallest absolute Gasteiger partial charge is 0.0806 e. The van der Waals surface area contributed by atoms with Crippen molar-refractivity contribution >= 4 is 61.1 Å². The molecule has 0 amide bonds. The monoisotopic (exact) mass is 913 g/mol. The van der Waals surface area contributed by atoms with E-state index < -0.39 is 64.8 Å². The first kappa shape index (κ1) is 51.4. The van der Waals surface area contributed by atoms with Crippen molar-refractivity contribution in [3.63, 3.8) is 0 Å². The quantitative estimate of drug-likeness (QED) is 0.0528. The molecule has 0 radical (unpaired) electrons. The first-order valence-corrected chi connectivity index (χ1v) is 39.3. The van der Waals surface area contributed by atoms with Gasteiger partial charge in [-0.2, -0.15) is 0 Å². The first-order chi connectivity index (χ1) is 28.5. The average Bonchev–Trinajstić information content (AvgIpc) is 3.20. The molecule has 4 aromatic carbocycles. The van der Waals surface area contributed by atoms with Gasteiger partial charge in [0.1, 0.15) is 0 Å². The maximum absolute atomic E-state index is 10.2. The van der Waals surface area contributed by atoms with Gasteiger partial charge < -0.3 is 20.4 Å². The van der Waals surface area contributed by atoms with Gasteiger partial charge in [0.2, 0.25) is 0 Å². The minimum Gasteiger partial charge on any atom is -0.389 e. The predicted octanol–water partition coefficient (Wildman–Crippen LogP) is 11.7. The third-order valence-electron chi connectivity index (χ3n) is 14.7. The molecule has 0 aliphatic carbocycles. The van der Waals surface area contributed by atoms with Crippen LogP contribution in [-0.4, -0.2) is 60.8 Å². The molecular formula is C52H84O4Si5.